The van der Waals surface area contributed by atoms with Crippen molar-refractivity contribution in [1.29, 1.82) is 0 Å². The molecule has 1 aromatic carbocycles. The number of aromatic nitrogens is 1. The third-order valence-corrected chi connectivity index (χ3v) is 4.71. The van der Waals surface area contributed by atoms with Crippen molar-refractivity contribution in [3.05, 3.63) is 58.9 Å². The molecule has 3 rings (SSSR count). The molecule has 152 valence electrons. The topological polar surface area (TPSA) is 58.5 Å². The van der Waals surface area contributed by atoms with Crippen LogP contribution in [0.5, 0.6) is 5.75 Å². The van der Waals surface area contributed by atoms with Crippen LogP contribution < -0.4 is 15.4 Å². The van der Waals surface area contributed by atoms with E-state index in [0.717, 1.165) is 36.7 Å². The Morgan fingerprint density at radius 3 is 2.79 bits per heavy atom. The van der Waals surface area contributed by atoms with Crippen LogP contribution >= 0.6 is 35.6 Å². The van der Waals surface area contributed by atoms with Crippen LogP contribution in [0.15, 0.2) is 47.6 Å². The van der Waals surface area contributed by atoms with Crippen LogP contribution in [0, 0.1) is 0 Å². The molecule has 1 aromatic heterocycles. The number of guanidine groups is 1. The summed E-state index contributed by atoms with van der Waals surface area (Å²) in [5, 5.41) is 7.44. The maximum Gasteiger partial charge on any atom is 0.191 e. The van der Waals surface area contributed by atoms with Gasteiger partial charge in [0.05, 0.1) is 6.04 Å². The number of benzene rings is 1. The van der Waals surface area contributed by atoms with Gasteiger partial charge in [-0.2, -0.15) is 0 Å². The van der Waals surface area contributed by atoms with E-state index in [1.165, 1.54) is 5.56 Å². The van der Waals surface area contributed by atoms with Crippen LogP contribution in [0.2, 0.25) is 5.15 Å². The Hall–Kier alpha value is -1.54. The summed E-state index contributed by atoms with van der Waals surface area (Å²) in [5.74, 6) is 1.76. The molecule has 1 aliphatic rings. The molecule has 1 aliphatic heterocycles. The first-order chi connectivity index (χ1) is 13.0. The van der Waals surface area contributed by atoms with Gasteiger partial charge < -0.3 is 15.4 Å². The number of fused-ring (bicyclic) bond motifs is 1. The zero-order valence-corrected chi connectivity index (χ0v) is 19.6. The molecule has 0 fully saturated rings. The first-order valence-electron chi connectivity index (χ1n) is 9.40. The molecule has 0 spiro atoms. The Labute approximate surface area is 189 Å². The Balaban J connectivity index is 0.00000280. The molecule has 2 N–H and O–H groups in total. The summed E-state index contributed by atoms with van der Waals surface area (Å²) >= 11 is 5.84. The second-order valence-electron chi connectivity index (χ2n) is 7.30. The van der Waals surface area contributed by atoms with E-state index in [9.17, 15) is 0 Å². The number of ether oxygens (including phenoxy) is 1. The summed E-state index contributed by atoms with van der Waals surface area (Å²) in [7, 11) is 0. The Morgan fingerprint density at radius 1 is 1.29 bits per heavy atom. The minimum absolute atomic E-state index is 0. The van der Waals surface area contributed by atoms with Crippen molar-refractivity contribution in [2.75, 3.05) is 13.1 Å². The molecule has 0 saturated heterocycles. The highest BCUT2D eigenvalue weighted by Gasteiger charge is 2.33. The molecule has 0 saturated carbocycles. The molecule has 0 radical (unpaired) electrons. The van der Waals surface area contributed by atoms with Crippen LogP contribution in [0.1, 0.15) is 44.4 Å². The molecular weight excluding hydrogens is 487 g/mol. The molecule has 0 bridgehead atoms. The van der Waals surface area contributed by atoms with E-state index in [1.807, 2.05) is 30.3 Å². The SMILES string of the molecule is CCNC(=NCCc1ccc(Cl)nc1)NC1CC(C)(C)Oc2ccccc21.I. The lowest BCUT2D eigenvalue weighted by molar-refractivity contribution is 0.0694. The number of aliphatic imine (C=N–C) groups is 1. The number of hydrogen-bond donors (Lipinski definition) is 2. The fourth-order valence-electron chi connectivity index (χ4n) is 3.27. The van der Waals surface area contributed by atoms with Gasteiger partial charge in [-0.05, 0) is 44.9 Å². The quantitative estimate of drug-likeness (QED) is 0.262. The van der Waals surface area contributed by atoms with Crippen molar-refractivity contribution >= 4 is 41.5 Å². The summed E-state index contributed by atoms with van der Waals surface area (Å²) in [6.07, 6.45) is 3.49. The van der Waals surface area contributed by atoms with E-state index >= 15 is 0 Å². The molecule has 1 atom stereocenters. The Morgan fingerprint density at radius 2 is 2.07 bits per heavy atom. The third kappa shape index (κ3) is 6.24. The van der Waals surface area contributed by atoms with E-state index in [-0.39, 0.29) is 35.6 Å². The Kier molecular flexibility index (Phi) is 8.37. The van der Waals surface area contributed by atoms with Crippen LogP contribution in [-0.4, -0.2) is 29.6 Å². The van der Waals surface area contributed by atoms with E-state index in [4.69, 9.17) is 21.3 Å². The maximum absolute atomic E-state index is 6.12. The lowest BCUT2D eigenvalue weighted by Crippen LogP contribution is -2.45. The summed E-state index contributed by atoms with van der Waals surface area (Å²) in [4.78, 5) is 8.86. The van der Waals surface area contributed by atoms with Gasteiger partial charge in [0.25, 0.3) is 0 Å². The number of hydrogen-bond acceptors (Lipinski definition) is 3. The summed E-state index contributed by atoms with van der Waals surface area (Å²) < 4.78 is 6.12. The lowest BCUT2D eigenvalue weighted by Gasteiger charge is -2.38. The van der Waals surface area contributed by atoms with Crippen molar-refractivity contribution in [3.8, 4) is 5.75 Å². The summed E-state index contributed by atoms with van der Waals surface area (Å²) in [6, 6.07) is 12.2. The largest absolute Gasteiger partial charge is 0.487 e. The lowest BCUT2D eigenvalue weighted by atomic mass is 9.90. The predicted molar refractivity (Wildman–Crippen MR) is 126 cm³/mol. The van der Waals surface area contributed by atoms with Crippen LogP contribution in [0.3, 0.4) is 0 Å². The first kappa shape index (κ1) is 22.7. The zero-order valence-electron chi connectivity index (χ0n) is 16.5. The van der Waals surface area contributed by atoms with Gasteiger partial charge in [0.15, 0.2) is 5.96 Å². The van der Waals surface area contributed by atoms with Crippen molar-refractivity contribution in [2.45, 2.75) is 45.3 Å². The maximum atomic E-state index is 6.12. The van der Waals surface area contributed by atoms with Crippen molar-refractivity contribution < 1.29 is 4.74 Å². The fourth-order valence-corrected chi connectivity index (χ4v) is 3.38. The van der Waals surface area contributed by atoms with Gasteiger partial charge in [-0.15, -0.1) is 24.0 Å². The molecule has 1 unspecified atom stereocenters. The minimum atomic E-state index is -0.224. The highest BCUT2D eigenvalue weighted by atomic mass is 127. The van der Waals surface area contributed by atoms with Crippen LogP contribution in [0.4, 0.5) is 0 Å². The van der Waals surface area contributed by atoms with Gasteiger partial charge >= 0.3 is 0 Å². The molecule has 0 aliphatic carbocycles. The van der Waals surface area contributed by atoms with Gasteiger partial charge in [0, 0.05) is 31.3 Å². The van der Waals surface area contributed by atoms with Gasteiger partial charge in [0.1, 0.15) is 16.5 Å². The molecule has 2 heterocycles. The van der Waals surface area contributed by atoms with Gasteiger partial charge in [-0.25, -0.2) is 4.98 Å². The van der Waals surface area contributed by atoms with E-state index in [2.05, 4.69) is 42.5 Å². The molecule has 2 aromatic rings. The average molecular weight is 515 g/mol. The normalized spacial score (nSPS) is 17.7. The molecule has 0 amide bonds. The van der Waals surface area contributed by atoms with E-state index < -0.39 is 0 Å². The molecule has 28 heavy (non-hydrogen) atoms. The second-order valence-corrected chi connectivity index (χ2v) is 7.69. The number of nitrogens with zero attached hydrogens (tertiary/aromatic N) is 2. The van der Waals surface area contributed by atoms with Crippen molar-refractivity contribution in [1.82, 2.24) is 15.6 Å². The average Bonchev–Trinajstić information content (AvgIpc) is 2.62. The zero-order chi connectivity index (χ0) is 19.3. The first-order valence-corrected chi connectivity index (χ1v) is 9.78. The fraction of sp³-hybridized carbons (Fsp3) is 0.429. The van der Waals surface area contributed by atoms with Crippen LogP contribution in [-0.2, 0) is 6.42 Å². The van der Waals surface area contributed by atoms with Crippen molar-refractivity contribution in [3.63, 3.8) is 0 Å². The second kappa shape index (κ2) is 10.3. The summed E-state index contributed by atoms with van der Waals surface area (Å²) in [6.45, 7) is 7.79. The molecule has 5 nitrogen and oxygen atoms in total. The minimum Gasteiger partial charge on any atom is -0.487 e. The van der Waals surface area contributed by atoms with E-state index in [0.29, 0.717) is 11.7 Å². The molecule has 7 heteroatoms. The van der Waals surface area contributed by atoms with Crippen molar-refractivity contribution in [2.24, 2.45) is 4.99 Å². The Bertz CT molecular complexity index is 795. The van der Waals surface area contributed by atoms with Gasteiger partial charge in [-0.3, -0.25) is 4.99 Å². The standard InChI is InChI=1S/C21H27ClN4O.HI/c1-4-23-20(24-12-11-15-9-10-19(22)25-14-15)26-17-13-21(2,3)27-18-8-6-5-7-16(17)18;/h5-10,14,17H,4,11-13H2,1-3H3,(H2,23,24,26);1H. The number of halogens is 2. The van der Waals surface area contributed by atoms with Gasteiger partial charge in [0.2, 0.25) is 0 Å². The highest BCUT2D eigenvalue weighted by Crippen LogP contribution is 2.39. The molecular formula is C21H28ClIN4O. The number of para-hydroxylation sites is 1. The number of rotatable bonds is 5. The van der Waals surface area contributed by atoms with Crippen LogP contribution in [0.25, 0.3) is 0 Å². The van der Waals surface area contributed by atoms with E-state index in [1.54, 1.807) is 6.20 Å². The third-order valence-electron chi connectivity index (χ3n) is 4.49. The summed E-state index contributed by atoms with van der Waals surface area (Å²) in [5.41, 5.74) is 2.07. The number of nitrogens with one attached hydrogen (secondary N) is 2. The monoisotopic (exact) mass is 514 g/mol. The highest BCUT2D eigenvalue weighted by molar-refractivity contribution is 14.0. The predicted octanol–water partition coefficient (Wildman–Crippen LogP) is 4.75. The number of pyridine rings is 1. The smallest absolute Gasteiger partial charge is 0.191 e. The van der Waals surface area contributed by atoms with Gasteiger partial charge in [-0.1, -0.05) is 35.9 Å².